The Morgan fingerprint density at radius 2 is 1.38 bits per heavy atom. The minimum absolute atomic E-state index is 0.102. The molecule has 3 heterocycles. The first-order valence-corrected chi connectivity index (χ1v) is 11.0. The van der Waals surface area contributed by atoms with Gasteiger partial charge in [0.05, 0.1) is 35.3 Å². The molecule has 1 aromatic heterocycles. The summed E-state index contributed by atoms with van der Waals surface area (Å²) < 4.78 is 6.98. The van der Waals surface area contributed by atoms with Gasteiger partial charge in [-0.25, -0.2) is 4.68 Å². The maximum absolute atomic E-state index is 12.9. The zero-order valence-electron chi connectivity index (χ0n) is 18.2. The second kappa shape index (κ2) is 9.30. The molecule has 0 N–H and O–H groups in total. The first-order chi connectivity index (χ1) is 15.4. The van der Waals surface area contributed by atoms with Crippen molar-refractivity contribution in [3.63, 3.8) is 0 Å². The van der Waals surface area contributed by atoms with Crippen molar-refractivity contribution in [2.45, 2.75) is 13.8 Å². The summed E-state index contributed by atoms with van der Waals surface area (Å²) in [5.74, 6) is -1.10. The van der Waals surface area contributed by atoms with Gasteiger partial charge in [0.2, 0.25) is 0 Å². The van der Waals surface area contributed by atoms with Crippen molar-refractivity contribution in [2.24, 2.45) is 0 Å². The van der Waals surface area contributed by atoms with E-state index in [1.807, 2.05) is 26.0 Å². The maximum Gasteiger partial charge on any atom is 0.312 e. The molecule has 2 aromatic rings. The number of morpholine rings is 1. The predicted molar refractivity (Wildman–Crippen MR) is 118 cm³/mol. The van der Waals surface area contributed by atoms with Crippen LogP contribution in [0.2, 0.25) is 5.02 Å². The van der Waals surface area contributed by atoms with Gasteiger partial charge in [-0.1, -0.05) is 11.6 Å². The minimum atomic E-state index is -0.508. The van der Waals surface area contributed by atoms with Gasteiger partial charge in [-0.15, -0.1) is 0 Å². The van der Waals surface area contributed by atoms with E-state index in [4.69, 9.17) is 16.3 Å². The van der Waals surface area contributed by atoms with Crippen LogP contribution in [0.1, 0.15) is 21.7 Å². The average molecular weight is 460 g/mol. The number of aromatic nitrogens is 2. The number of aryl methyl sites for hydroxylation is 1. The Kier molecular flexibility index (Phi) is 6.48. The fourth-order valence-corrected chi connectivity index (χ4v) is 4.07. The minimum Gasteiger partial charge on any atom is -0.378 e. The van der Waals surface area contributed by atoms with Gasteiger partial charge < -0.3 is 19.4 Å². The topological polar surface area (TPSA) is 88.0 Å². The van der Waals surface area contributed by atoms with E-state index in [1.165, 1.54) is 9.80 Å². The van der Waals surface area contributed by atoms with Crippen LogP contribution in [-0.2, 0) is 14.3 Å². The van der Waals surface area contributed by atoms with Crippen molar-refractivity contribution in [1.82, 2.24) is 24.5 Å². The molecule has 170 valence electrons. The summed E-state index contributed by atoms with van der Waals surface area (Å²) in [5.41, 5.74) is 2.98. The summed E-state index contributed by atoms with van der Waals surface area (Å²) in [5, 5.41) is 5.06. The maximum atomic E-state index is 12.9. The highest BCUT2D eigenvalue weighted by atomic mass is 35.5. The van der Waals surface area contributed by atoms with E-state index in [0.717, 1.165) is 17.1 Å². The van der Waals surface area contributed by atoms with Crippen LogP contribution in [0.5, 0.6) is 0 Å². The Hall–Kier alpha value is -2.91. The number of amides is 3. The molecule has 0 unspecified atom stereocenters. The average Bonchev–Trinajstić information content (AvgIpc) is 3.10. The van der Waals surface area contributed by atoms with Crippen LogP contribution >= 0.6 is 11.6 Å². The Morgan fingerprint density at radius 1 is 0.844 bits per heavy atom. The van der Waals surface area contributed by atoms with Crippen molar-refractivity contribution in [3.8, 4) is 5.69 Å². The van der Waals surface area contributed by atoms with Crippen LogP contribution in [0.25, 0.3) is 5.69 Å². The third-order valence-corrected chi connectivity index (χ3v) is 6.44. The molecule has 9 nitrogen and oxygen atoms in total. The number of piperazine rings is 1. The number of ether oxygens (including phenoxy) is 1. The molecule has 2 aliphatic heterocycles. The second-order valence-corrected chi connectivity index (χ2v) is 8.31. The summed E-state index contributed by atoms with van der Waals surface area (Å²) in [6.45, 7) is 6.96. The van der Waals surface area contributed by atoms with Crippen LogP contribution in [0, 0.1) is 13.8 Å². The molecular formula is C22H26ClN5O4. The number of carbonyl (C=O) groups excluding carboxylic acids is 3. The summed E-state index contributed by atoms with van der Waals surface area (Å²) in [7, 11) is 0. The standard InChI is InChI=1S/C22H26ClN5O4/c1-15-19(23)16(2)28(24-15)18-5-3-17(4-6-18)20(29)25-7-9-26(10-8-25)21(30)22(31)27-11-13-32-14-12-27/h3-6H,7-14H2,1-2H3. The highest BCUT2D eigenvalue weighted by molar-refractivity contribution is 6.35. The van der Waals surface area contributed by atoms with E-state index in [9.17, 15) is 14.4 Å². The summed E-state index contributed by atoms with van der Waals surface area (Å²) >= 11 is 6.23. The van der Waals surface area contributed by atoms with Gasteiger partial charge in [0, 0.05) is 44.8 Å². The number of rotatable bonds is 2. The lowest BCUT2D eigenvalue weighted by atomic mass is 10.1. The Bertz CT molecular complexity index is 1020. The number of benzene rings is 1. The lowest BCUT2D eigenvalue weighted by Crippen LogP contribution is -2.55. The number of carbonyl (C=O) groups is 3. The Labute approximate surface area is 191 Å². The molecule has 0 aliphatic carbocycles. The van der Waals surface area contributed by atoms with E-state index in [0.29, 0.717) is 63.1 Å². The number of hydrogen-bond acceptors (Lipinski definition) is 5. The smallest absolute Gasteiger partial charge is 0.312 e. The SMILES string of the molecule is Cc1nn(-c2ccc(C(=O)N3CCN(C(=O)C(=O)N4CCOCC4)CC3)cc2)c(C)c1Cl. The first kappa shape index (κ1) is 22.3. The van der Waals surface area contributed by atoms with Crippen LogP contribution in [-0.4, -0.2) is 94.7 Å². The molecule has 1 aromatic carbocycles. The van der Waals surface area contributed by atoms with E-state index in [-0.39, 0.29) is 5.91 Å². The summed E-state index contributed by atoms with van der Waals surface area (Å²) in [6, 6.07) is 7.20. The molecule has 0 bridgehead atoms. The van der Waals surface area contributed by atoms with Crippen molar-refractivity contribution in [3.05, 3.63) is 46.2 Å². The fraction of sp³-hybridized carbons (Fsp3) is 0.455. The zero-order valence-corrected chi connectivity index (χ0v) is 19.0. The van der Waals surface area contributed by atoms with Gasteiger partial charge in [-0.3, -0.25) is 14.4 Å². The van der Waals surface area contributed by atoms with Crippen LogP contribution in [0.15, 0.2) is 24.3 Å². The van der Waals surface area contributed by atoms with Gasteiger partial charge in [-0.05, 0) is 38.1 Å². The molecule has 0 saturated carbocycles. The molecule has 2 aliphatic rings. The summed E-state index contributed by atoms with van der Waals surface area (Å²) in [4.78, 5) is 42.6. The largest absolute Gasteiger partial charge is 0.378 e. The number of nitrogens with zero attached hydrogens (tertiary/aromatic N) is 5. The van der Waals surface area contributed by atoms with E-state index in [1.54, 1.807) is 21.7 Å². The van der Waals surface area contributed by atoms with Gasteiger partial charge >= 0.3 is 11.8 Å². The van der Waals surface area contributed by atoms with Gasteiger partial charge in [-0.2, -0.15) is 5.10 Å². The van der Waals surface area contributed by atoms with Crippen LogP contribution in [0.3, 0.4) is 0 Å². The van der Waals surface area contributed by atoms with Crippen LogP contribution < -0.4 is 0 Å². The van der Waals surface area contributed by atoms with Crippen molar-refractivity contribution in [2.75, 3.05) is 52.5 Å². The van der Waals surface area contributed by atoms with Crippen LogP contribution in [0.4, 0.5) is 0 Å². The van der Waals surface area contributed by atoms with Crippen molar-refractivity contribution >= 4 is 29.3 Å². The molecule has 0 spiro atoms. The molecule has 10 heteroatoms. The number of halogens is 1. The Balaban J connectivity index is 1.35. The molecule has 32 heavy (non-hydrogen) atoms. The second-order valence-electron chi connectivity index (χ2n) is 7.93. The molecule has 4 rings (SSSR count). The lowest BCUT2D eigenvalue weighted by Gasteiger charge is -2.36. The van der Waals surface area contributed by atoms with Gasteiger partial charge in [0.15, 0.2) is 0 Å². The molecule has 2 saturated heterocycles. The molecule has 3 amide bonds. The van der Waals surface area contributed by atoms with E-state index >= 15 is 0 Å². The van der Waals surface area contributed by atoms with E-state index in [2.05, 4.69) is 5.10 Å². The molecule has 0 radical (unpaired) electrons. The predicted octanol–water partition coefficient (Wildman–Crippen LogP) is 1.29. The third-order valence-electron chi connectivity index (χ3n) is 5.90. The zero-order chi connectivity index (χ0) is 22.8. The highest BCUT2D eigenvalue weighted by Gasteiger charge is 2.31. The monoisotopic (exact) mass is 459 g/mol. The highest BCUT2D eigenvalue weighted by Crippen LogP contribution is 2.23. The molecular weight excluding hydrogens is 434 g/mol. The van der Waals surface area contributed by atoms with Crippen molar-refractivity contribution < 1.29 is 19.1 Å². The molecule has 0 atom stereocenters. The lowest BCUT2D eigenvalue weighted by molar-refractivity contribution is -0.154. The number of hydrogen-bond donors (Lipinski definition) is 0. The molecule has 2 fully saturated rings. The quantitative estimate of drug-likeness (QED) is 0.631. The van der Waals surface area contributed by atoms with E-state index < -0.39 is 11.8 Å². The van der Waals surface area contributed by atoms with Crippen molar-refractivity contribution in [1.29, 1.82) is 0 Å². The summed E-state index contributed by atoms with van der Waals surface area (Å²) in [6.07, 6.45) is 0. The van der Waals surface area contributed by atoms with Gasteiger partial charge in [0.25, 0.3) is 5.91 Å². The fourth-order valence-electron chi connectivity index (χ4n) is 3.95. The normalized spacial score (nSPS) is 16.9. The third kappa shape index (κ3) is 4.35. The van der Waals surface area contributed by atoms with Gasteiger partial charge in [0.1, 0.15) is 0 Å². The first-order valence-electron chi connectivity index (χ1n) is 10.6. The Morgan fingerprint density at radius 3 is 1.91 bits per heavy atom.